The van der Waals surface area contributed by atoms with Crippen LogP contribution in [0.15, 0.2) is 18.2 Å². The number of rotatable bonds is 2. The van der Waals surface area contributed by atoms with Crippen LogP contribution in [0.25, 0.3) is 0 Å². The fraction of sp³-hybridized carbons (Fsp3) is 0.385. The molecular formula is C13H16FN3OS. The van der Waals surface area contributed by atoms with Crippen LogP contribution in [0.3, 0.4) is 0 Å². The van der Waals surface area contributed by atoms with E-state index in [2.05, 4.69) is 4.90 Å². The zero-order valence-electron chi connectivity index (χ0n) is 10.7. The first-order chi connectivity index (χ1) is 8.99. The van der Waals surface area contributed by atoms with Crippen molar-refractivity contribution in [3.05, 3.63) is 29.6 Å². The number of hydrogen-bond donors (Lipinski definition) is 1. The molecule has 19 heavy (non-hydrogen) atoms. The average molecular weight is 281 g/mol. The van der Waals surface area contributed by atoms with Crippen molar-refractivity contribution in [2.24, 2.45) is 5.73 Å². The van der Waals surface area contributed by atoms with Crippen LogP contribution in [0.1, 0.15) is 12.5 Å². The van der Waals surface area contributed by atoms with Crippen molar-refractivity contribution in [3.63, 3.8) is 0 Å². The second-order valence-electron chi connectivity index (χ2n) is 4.52. The molecule has 1 aliphatic rings. The van der Waals surface area contributed by atoms with Gasteiger partial charge in [0.05, 0.1) is 0 Å². The third kappa shape index (κ3) is 3.01. The Morgan fingerprint density at radius 3 is 2.47 bits per heavy atom. The highest BCUT2D eigenvalue weighted by molar-refractivity contribution is 7.80. The van der Waals surface area contributed by atoms with Gasteiger partial charge in [0, 0.05) is 44.4 Å². The highest BCUT2D eigenvalue weighted by Gasteiger charge is 2.21. The molecule has 1 heterocycles. The van der Waals surface area contributed by atoms with E-state index in [9.17, 15) is 9.18 Å². The number of nitrogens with two attached hydrogens (primary N) is 1. The van der Waals surface area contributed by atoms with E-state index in [0.717, 1.165) is 5.69 Å². The van der Waals surface area contributed by atoms with Gasteiger partial charge in [-0.3, -0.25) is 4.79 Å². The molecule has 2 N–H and O–H groups in total. The first-order valence-corrected chi connectivity index (χ1v) is 6.49. The maximum Gasteiger partial charge on any atom is 0.219 e. The lowest BCUT2D eigenvalue weighted by molar-refractivity contribution is -0.129. The highest BCUT2D eigenvalue weighted by atomic mass is 32.1. The van der Waals surface area contributed by atoms with Gasteiger partial charge in [0.1, 0.15) is 10.8 Å². The van der Waals surface area contributed by atoms with Gasteiger partial charge in [-0.2, -0.15) is 0 Å². The summed E-state index contributed by atoms with van der Waals surface area (Å²) in [6.07, 6.45) is 0. The van der Waals surface area contributed by atoms with Crippen molar-refractivity contribution < 1.29 is 9.18 Å². The number of amides is 1. The number of piperazine rings is 1. The standard InChI is InChI=1S/C13H16FN3OS/c1-9(18)16-4-6-17(7-5-16)12-3-2-10(14)8-11(12)13(15)19/h2-3,8H,4-7H2,1H3,(H2,15,19). The Kier molecular flexibility index (Phi) is 3.99. The molecule has 0 saturated carbocycles. The minimum absolute atomic E-state index is 0.0772. The smallest absolute Gasteiger partial charge is 0.219 e. The van der Waals surface area contributed by atoms with E-state index in [1.165, 1.54) is 12.1 Å². The van der Waals surface area contributed by atoms with Crippen LogP contribution in [0, 0.1) is 5.82 Å². The van der Waals surface area contributed by atoms with Gasteiger partial charge in [0.25, 0.3) is 0 Å². The molecule has 1 fully saturated rings. The Hall–Kier alpha value is -1.69. The Morgan fingerprint density at radius 2 is 1.95 bits per heavy atom. The molecule has 0 radical (unpaired) electrons. The van der Waals surface area contributed by atoms with Gasteiger partial charge in [0.2, 0.25) is 5.91 Å². The first kappa shape index (κ1) is 13.7. The Morgan fingerprint density at radius 1 is 1.32 bits per heavy atom. The predicted molar refractivity (Wildman–Crippen MR) is 76.8 cm³/mol. The fourth-order valence-corrected chi connectivity index (χ4v) is 2.41. The lowest BCUT2D eigenvalue weighted by Crippen LogP contribution is -2.48. The van der Waals surface area contributed by atoms with Gasteiger partial charge in [-0.1, -0.05) is 12.2 Å². The van der Waals surface area contributed by atoms with Crippen molar-refractivity contribution in [2.75, 3.05) is 31.1 Å². The van der Waals surface area contributed by atoms with Crippen LogP contribution < -0.4 is 10.6 Å². The molecule has 1 saturated heterocycles. The molecule has 0 atom stereocenters. The van der Waals surface area contributed by atoms with E-state index in [1.54, 1.807) is 17.9 Å². The molecule has 6 heteroatoms. The number of nitrogens with zero attached hydrogens (tertiary/aromatic N) is 2. The molecule has 0 spiro atoms. The predicted octanol–water partition coefficient (Wildman–Crippen LogP) is 1.13. The Bertz CT molecular complexity index is 513. The molecule has 2 rings (SSSR count). The van der Waals surface area contributed by atoms with Crippen LogP contribution in [-0.2, 0) is 4.79 Å². The van der Waals surface area contributed by atoms with Crippen LogP contribution in [0.5, 0.6) is 0 Å². The van der Waals surface area contributed by atoms with Gasteiger partial charge in [-0.25, -0.2) is 4.39 Å². The topological polar surface area (TPSA) is 49.6 Å². The van der Waals surface area contributed by atoms with Crippen LogP contribution in [-0.4, -0.2) is 42.0 Å². The minimum Gasteiger partial charge on any atom is -0.389 e. The van der Waals surface area contributed by atoms with E-state index < -0.39 is 0 Å². The summed E-state index contributed by atoms with van der Waals surface area (Å²) in [4.78, 5) is 15.3. The number of halogens is 1. The Balaban J connectivity index is 2.20. The summed E-state index contributed by atoms with van der Waals surface area (Å²) in [5.74, 6) is -0.276. The second-order valence-corrected chi connectivity index (χ2v) is 4.96. The molecule has 0 aromatic heterocycles. The zero-order chi connectivity index (χ0) is 14.0. The lowest BCUT2D eigenvalue weighted by atomic mass is 10.1. The zero-order valence-corrected chi connectivity index (χ0v) is 11.5. The summed E-state index contributed by atoms with van der Waals surface area (Å²) < 4.78 is 13.3. The van der Waals surface area contributed by atoms with Crippen LogP contribution in [0.4, 0.5) is 10.1 Å². The molecule has 1 aromatic rings. The van der Waals surface area contributed by atoms with E-state index in [1.807, 2.05) is 0 Å². The van der Waals surface area contributed by atoms with Crippen molar-refractivity contribution >= 4 is 28.8 Å². The minimum atomic E-state index is -0.353. The van der Waals surface area contributed by atoms with E-state index in [0.29, 0.717) is 31.7 Å². The quantitative estimate of drug-likeness (QED) is 0.826. The van der Waals surface area contributed by atoms with Crippen LogP contribution in [0.2, 0.25) is 0 Å². The third-order valence-electron chi connectivity index (χ3n) is 3.29. The normalized spacial score (nSPS) is 15.5. The number of carbonyl (C=O) groups excluding carboxylic acids is 1. The fourth-order valence-electron chi connectivity index (χ4n) is 2.24. The van der Waals surface area contributed by atoms with Gasteiger partial charge >= 0.3 is 0 Å². The number of thiocarbonyl (C=S) groups is 1. The molecular weight excluding hydrogens is 265 g/mol. The number of carbonyl (C=O) groups is 1. The van der Waals surface area contributed by atoms with E-state index in [4.69, 9.17) is 18.0 Å². The van der Waals surface area contributed by atoms with Crippen LogP contribution >= 0.6 is 12.2 Å². The summed E-state index contributed by atoms with van der Waals surface area (Å²) in [7, 11) is 0. The van der Waals surface area contributed by atoms with Gasteiger partial charge in [-0.15, -0.1) is 0 Å². The maximum atomic E-state index is 13.3. The third-order valence-corrected chi connectivity index (χ3v) is 3.51. The van der Waals surface area contributed by atoms with Gasteiger partial charge in [-0.05, 0) is 18.2 Å². The number of benzene rings is 1. The lowest BCUT2D eigenvalue weighted by Gasteiger charge is -2.36. The van der Waals surface area contributed by atoms with Crippen molar-refractivity contribution in [2.45, 2.75) is 6.92 Å². The number of hydrogen-bond acceptors (Lipinski definition) is 3. The van der Waals surface area contributed by atoms with Crippen molar-refractivity contribution in [1.29, 1.82) is 0 Å². The number of anilines is 1. The molecule has 0 aliphatic carbocycles. The van der Waals surface area contributed by atoms with Gasteiger partial charge < -0.3 is 15.5 Å². The summed E-state index contributed by atoms with van der Waals surface area (Å²) in [5.41, 5.74) is 7.02. The summed E-state index contributed by atoms with van der Waals surface area (Å²) >= 11 is 4.96. The molecule has 102 valence electrons. The first-order valence-electron chi connectivity index (χ1n) is 6.09. The van der Waals surface area contributed by atoms with Crippen molar-refractivity contribution in [1.82, 2.24) is 4.90 Å². The average Bonchev–Trinajstić information content (AvgIpc) is 2.38. The van der Waals surface area contributed by atoms with E-state index >= 15 is 0 Å². The van der Waals surface area contributed by atoms with E-state index in [-0.39, 0.29) is 16.7 Å². The van der Waals surface area contributed by atoms with Gasteiger partial charge in [0.15, 0.2) is 0 Å². The highest BCUT2D eigenvalue weighted by Crippen LogP contribution is 2.23. The largest absolute Gasteiger partial charge is 0.389 e. The molecule has 4 nitrogen and oxygen atoms in total. The Labute approximate surface area is 117 Å². The SMILES string of the molecule is CC(=O)N1CCN(c2ccc(F)cc2C(N)=S)CC1. The van der Waals surface area contributed by atoms with Crippen molar-refractivity contribution in [3.8, 4) is 0 Å². The second kappa shape index (κ2) is 5.52. The summed E-state index contributed by atoms with van der Waals surface area (Å²) in [6, 6.07) is 4.44. The summed E-state index contributed by atoms with van der Waals surface area (Å²) in [6.45, 7) is 4.27. The monoisotopic (exact) mass is 281 g/mol. The summed E-state index contributed by atoms with van der Waals surface area (Å²) in [5, 5.41) is 0. The maximum absolute atomic E-state index is 13.3. The molecule has 1 aliphatic heterocycles. The molecule has 0 unspecified atom stereocenters. The molecule has 0 bridgehead atoms. The molecule has 1 amide bonds. The molecule has 1 aromatic carbocycles.